The molecule has 1 aliphatic rings. The Bertz CT molecular complexity index is 933. The number of nitrogens with zero attached hydrogens (tertiary/aromatic N) is 2. The summed E-state index contributed by atoms with van der Waals surface area (Å²) < 4.78 is 0. The van der Waals surface area contributed by atoms with Gasteiger partial charge in [0.05, 0.1) is 5.56 Å². The van der Waals surface area contributed by atoms with Gasteiger partial charge in [0.2, 0.25) is 0 Å². The van der Waals surface area contributed by atoms with E-state index in [0.29, 0.717) is 5.56 Å². The van der Waals surface area contributed by atoms with Gasteiger partial charge in [-0.05, 0) is 53.8 Å². The molecule has 3 aromatic rings. The monoisotopic (exact) mass is 357 g/mol. The number of hydrogen-bond donors (Lipinski definition) is 1. The van der Waals surface area contributed by atoms with Gasteiger partial charge in [-0.3, -0.25) is 4.79 Å². The van der Waals surface area contributed by atoms with Crippen molar-refractivity contribution in [1.29, 1.82) is 0 Å². The molecule has 27 heavy (non-hydrogen) atoms. The molecule has 0 fully saturated rings. The maximum Gasteiger partial charge on any atom is 0.257 e. The summed E-state index contributed by atoms with van der Waals surface area (Å²) in [5.74, 6) is 0.774. The maximum absolute atomic E-state index is 12.5. The van der Waals surface area contributed by atoms with E-state index in [1.165, 1.54) is 16.7 Å². The number of anilines is 2. The molecule has 0 unspecified atom stereocenters. The number of hydrogen-bond acceptors (Lipinski definition) is 3. The normalized spacial score (nSPS) is 13.1. The minimum Gasteiger partial charge on any atom is -0.352 e. The fraction of sp³-hybridized carbons (Fsp3) is 0.217. The molecular formula is C23H23N3O. The first-order valence-electron chi connectivity index (χ1n) is 9.41. The molecule has 0 saturated carbocycles. The molecule has 4 heteroatoms. The summed E-state index contributed by atoms with van der Waals surface area (Å²) in [4.78, 5) is 19.2. The predicted octanol–water partition coefficient (Wildman–Crippen LogP) is 4.46. The summed E-state index contributed by atoms with van der Waals surface area (Å²) in [6.45, 7) is 3.92. The minimum atomic E-state index is -0.137. The summed E-state index contributed by atoms with van der Waals surface area (Å²) in [6, 6.07) is 20.3. The maximum atomic E-state index is 12.5. The van der Waals surface area contributed by atoms with Gasteiger partial charge in [-0.1, -0.05) is 43.3 Å². The van der Waals surface area contributed by atoms with E-state index in [0.717, 1.165) is 37.4 Å². The van der Waals surface area contributed by atoms with E-state index < -0.39 is 0 Å². The van der Waals surface area contributed by atoms with Crippen molar-refractivity contribution < 1.29 is 4.79 Å². The third kappa shape index (κ3) is 3.85. The van der Waals surface area contributed by atoms with Crippen molar-refractivity contribution >= 4 is 17.4 Å². The van der Waals surface area contributed by atoms with Gasteiger partial charge in [-0.2, -0.15) is 0 Å². The third-order valence-corrected chi connectivity index (χ3v) is 5.08. The molecule has 2 aromatic carbocycles. The SMILES string of the molecule is CCc1ccc(NC(=O)c2ccc(N3CCc4ccccc4C3)nc2)cc1. The quantitative estimate of drug-likeness (QED) is 0.750. The molecule has 1 N–H and O–H groups in total. The third-order valence-electron chi connectivity index (χ3n) is 5.08. The van der Waals surface area contributed by atoms with E-state index in [4.69, 9.17) is 0 Å². The van der Waals surface area contributed by atoms with Crippen LogP contribution < -0.4 is 10.2 Å². The Hall–Kier alpha value is -3.14. The molecular weight excluding hydrogens is 334 g/mol. The van der Waals surface area contributed by atoms with Crippen LogP contribution >= 0.6 is 0 Å². The van der Waals surface area contributed by atoms with Gasteiger partial charge in [0.1, 0.15) is 5.82 Å². The Morgan fingerprint density at radius 2 is 1.81 bits per heavy atom. The first kappa shape index (κ1) is 17.3. The Kier molecular flexibility index (Phi) is 4.88. The topological polar surface area (TPSA) is 45.2 Å². The van der Waals surface area contributed by atoms with E-state index in [1.54, 1.807) is 6.20 Å². The molecule has 0 aliphatic carbocycles. The van der Waals surface area contributed by atoms with Gasteiger partial charge in [-0.15, -0.1) is 0 Å². The first-order valence-corrected chi connectivity index (χ1v) is 9.41. The lowest BCUT2D eigenvalue weighted by Crippen LogP contribution is -2.31. The molecule has 2 heterocycles. The zero-order chi connectivity index (χ0) is 18.6. The van der Waals surface area contributed by atoms with Crippen molar-refractivity contribution in [2.75, 3.05) is 16.8 Å². The zero-order valence-corrected chi connectivity index (χ0v) is 15.5. The lowest BCUT2D eigenvalue weighted by atomic mass is 10.00. The summed E-state index contributed by atoms with van der Waals surface area (Å²) >= 11 is 0. The molecule has 4 rings (SSSR count). The second-order valence-corrected chi connectivity index (χ2v) is 6.85. The summed E-state index contributed by atoms with van der Waals surface area (Å²) in [6.07, 6.45) is 3.67. The van der Waals surface area contributed by atoms with E-state index in [9.17, 15) is 4.79 Å². The predicted molar refractivity (Wildman–Crippen MR) is 109 cm³/mol. The van der Waals surface area contributed by atoms with Gasteiger partial charge in [0, 0.05) is 25.0 Å². The van der Waals surface area contributed by atoms with Crippen molar-refractivity contribution in [2.45, 2.75) is 26.3 Å². The van der Waals surface area contributed by atoms with Crippen LogP contribution in [0.2, 0.25) is 0 Å². The van der Waals surface area contributed by atoms with Crippen LogP contribution in [-0.2, 0) is 19.4 Å². The molecule has 0 spiro atoms. The summed E-state index contributed by atoms with van der Waals surface area (Å²) in [5, 5.41) is 2.93. The van der Waals surface area contributed by atoms with Crippen LogP contribution in [0.1, 0.15) is 34.0 Å². The highest BCUT2D eigenvalue weighted by Gasteiger charge is 2.17. The van der Waals surface area contributed by atoms with Gasteiger partial charge in [-0.25, -0.2) is 4.98 Å². The molecule has 0 radical (unpaired) electrons. The van der Waals surface area contributed by atoms with Crippen LogP contribution in [0.4, 0.5) is 11.5 Å². The number of fused-ring (bicyclic) bond motifs is 1. The number of carbonyl (C=O) groups excluding carboxylic acids is 1. The van der Waals surface area contributed by atoms with Crippen LogP contribution in [0.25, 0.3) is 0 Å². The second kappa shape index (κ2) is 7.62. The Morgan fingerprint density at radius 3 is 2.52 bits per heavy atom. The van der Waals surface area contributed by atoms with Crippen molar-refractivity contribution in [1.82, 2.24) is 4.98 Å². The number of carbonyl (C=O) groups is 1. The van der Waals surface area contributed by atoms with Crippen molar-refractivity contribution in [3.8, 4) is 0 Å². The molecule has 0 saturated heterocycles. The van der Waals surface area contributed by atoms with Gasteiger partial charge in [0.25, 0.3) is 5.91 Å². The summed E-state index contributed by atoms with van der Waals surface area (Å²) in [5.41, 5.74) is 5.38. The number of pyridine rings is 1. The molecule has 1 aromatic heterocycles. The highest BCUT2D eigenvalue weighted by Crippen LogP contribution is 2.23. The average Bonchev–Trinajstić information content (AvgIpc) is 2.74. The van der Waals surface area contributed by atoms with Gasteiger partial charge < -0.3 is 10.2 Å². The second-order valence-electron chi connectivity index (χ2n) is 6.85. The van der Waals surface area contributed by atoms with Crippen LogP contribution in [0.5, 0.6) is 0 Å². The van der Waals surface area contributed by atoms with E-state index in [2.05, 4.69) is 46.4 Å². The van der Waals surface area contributed by atoms with Crippen molar-refractivity contribution in [3.63, 3.8) is 0 Å². The summed E-state index contributed by atoms with van der Waals surface area (Å²) in [7, 11) is 0. The molecule has 4 nitrogen and oxygen atoms in total. The Labute approximate surface area is 159 Å². The number of aromatic nitrogens is 1. The van der Waals surface area contributed by atoms with Gasteiger partial charge in [0.15, 0.2) is 0 Å². The van der Waals surface area contributed by atoms with Crippen LogP contribution in [0.15, 0.2) is 66.9 Å². The number of benzene rings is 2. The first-order chi connectivity index (χ1) is 13.2. The van der Waals surface area contributed by atoms with Crippen molar-refractivity contribution in [2.24, 2.45) is 0 Å². The molecule has 1 aliphatic heterocycles. The smallest absolute Gasteiger partial charge is 0.257 e. The van der Waals surface area contributed by atoms with Crippen LogP contribution in [0.3, 0.4) is 0 Å². The fourth-order valence-corrected chi connectivity index (χ4v) is 3.43. The minimum absolute atomic E-state index is 0.137. The number of rotatable bonds is 4. The number of amides is 1. The van der Waals surface area contributed by atoms with Crippen molar-refractivity contribution in [3.05, 3.63) is 89.1 Å². The lowest BCUT2D eigenvalue weighted by molar-refractivity contribution is 0.102. The van der Waals surface area contributed by atoms with Gasteiger partial charge >= 0.3 is 0 Å². The highest BCUT2D eigenvalue weighted by atomic mass is 16.1. The van der Waals surface area contributed by atoms with Crippen LogP contribution in [-0.4, -0.2) is 17.4 Å². The zero-order valence-electron chi connectivity index (χ0n) is 15.5. The molecule has 0 bridgehead atoms. The van der Waals surface area contributed by atoms with E-state index in [1.807, 2.05) is 36.4 Å². The van der Waals surface area contributed by atoms with Crippen LogP contribution in [0, 0.1) is 0 Å². The standard InChI is InChI=1S/C23H23N3O/c1-2-17-7-10-21(11-8-17)25-23(27)19-9-12-22(24-15-19)26-14-13-18-5-3-4-6-20(18)16-26/h3-12,15H,2,13-14,16H2,1H3,(H,25,27). The Balaban J connectivity index is 1.43. The highest BCUT2D eigenvalue weighted by molar-refractivity contribution is 6.04. The lowest BCUT2D eigenvalue weighted by Gasteiger charge is -2.29. The molecule has 0 atom stereocenters. The number of nitrogens with one attached hydrogen (secondary N) is 1. The average molecular weight is 357 g/mol. The Morgan fingerprint density at radius 1 is 1.04 bits per heavy atom. The molecule has 1 amide bonds. The number of aryl methyl sites for hydroxylation is 1. The fourth-order valence-electron chi connectivity index (χ4n) is 3.43. The molecule has 136 valence electrons. The largest absolute Gasteiger partial charge is 0.352 e. The van der Waals surface area contributed by atoms with E-state index >= 15 is 0 Å². The van der Waals surface area contributed by atoms with E-state index in [-0.39, 0.29) is 5.91 Å².